The van der Waals surface area contributed by atoms with Gasteiger partial charge in [-0.2, -0.15) is 0 Å². The van der Waals surface area contributed by atoms with E-state index in [1.54, 1.807) is 6.20 Å². The van der Waals surface area contributed by atoms with E-state index in [4.69, 9.17) is 0 Å². The topological polar surface area (TPSA) is 12.9 Å². The van der Waals surface area contributed by atoms with Crippen LogP contribution in [0, 0.1) is 6.92 Å². The van der Waals surface area contributed by atoms with Gasteiger partial charge in [-0.25, -0.2) is 4.98 Å². The van der Waals surface area contributed by atoms with Crippen molar-refractivity contribution in [3.05, 3.63) is 28.5 Å². The summed E-state index contributed by atoms with van der Waals surface area (Å²) in [6, 6.07) is 3.94. The summed E-state index contributed by atoms with van der Waals surface area (Å²) < 4.78 is 0.900. The summed E-state index contributed by atoms with van der Waals surface area (Å²) in [7, 11) is 0. The second-order valence-corrected chi connectivity index (χ2v) is 2.47. The van der Waals surface area contributed by atoms with E-state index < -0.39 is 0 Å². The van der Waals surface area contributed by atoms with Crippen LogP contribution in [0.15, 0.2) is 22.9 Å². The third kappa shape index (κ3) is 2.82. The molecule has 0 atom stereocenters. The highest BCUT2D eigenvalue weighted by Crippen LogP contribution is 2.05. The van der Waals surface area contributed by atoms with Gasteiger partial charge in [0.1, 0.15) is 4.60 Å². The standard InChI is InChI=1S/C6H6BrN.ClH/c1-5-2-3-8-6(7)4-5;/h2-4H,1H3;1H. The van der Waals surface area contributed by atoms with E-state index in [0.717, 1.165) is 4.60 Å². The van der Waals surface area contributed by atoms with E-state index in [0.29, 0.717) is 0 Å². The minimum Gasteiger partial charge on any atom is -0.249 e. The zero-order chi connectivity index (χ0) is 5.98. The number of hydrogen-bond donors (Lipinski definition) is 0. The van der Waals surface area contributed by atoms with Crippen LogP contribution in [0.4, 0.5) is 0 Å². The average Bonchev–Trinajstić information content (AvgIpc) is 1.64. The minimum absolute atomic E-state index is 0. The van der Waals surface area contributed by atoms with Crippen LogP contribution in [0.25, 0.3) is 0 Å². The van der Waals surface area contributed by atoms with Crippen molar-refractivity contribution >= 4 is 28.3 Å². The number of hydrogen-bond acceptors (Lipinski definition) is 1. The van der Waals surface area contributed by atoms with Gasteiger partial charge in [-0.05, 0) is 40.5 Å². The SMILES string of the molecule is Cc1ccnc(Br)c1.Cl. The summed E-state index contributed by atoms with van der Waals surface area (Å²) >= 11 is 3.25. The molecule has 0 bridgehead atoms. The summed E-state index contributed by atoms with van der Waals surface area (Å²) in [4.78, 5) is 3.96. The first-order valence-electron chi connectivity index (χ1n) is 2.37. The van der Waals surface area contributed by atoms with Crippen LogP contribution in [0.3, 0.4) is 0 Å². The first-order valence-corrected chi connectivity index (χ1v) is 3.16. The molecule has 1 heterocycles. The molecule has 0 aliphatic heterocycles. The predicted molar refractivity (Wildman–Crippen MR) is 43.9 cm³/mol. The maximum absolute atomic E-state index is 3.96. The van der Waals surface area contributed by atoms with Crippen molar-refractivity contribution in [3.63, 3.8) is 0 Å². The largest absolute Gasteiger partial charge is 0.249 e. The van der Waals surface area contributed by atoms with Gasteiger partial charge in [0.2, 0.25) is 0 Å². The van der Waals surface area contributed by atoms with Gasteiger partial charge in [-0.1, -0.05) is 0 Å². The zero-order valence-corrected chi connectivity index (χ0v) is 7.37. The molecule has 0 N–H and O–H groups in total. The third-order valence-electron chi connectivity index (χ3n) is 0.882. The Labute approximate surface area is 69.0 Å². The van der Waals surface area contributed by atoms with Gasteiger partial charge < -0.3 is 0 Å². The van der Waals surface area contributed by atoms with Crippen molar-refractivity contribution in [2.45, 2.75) is 6.92 Å². The summed E-state index contributed by atoms with van der Waals surface area (Å²) in [5.74, 6) is 0. The van der Waals surface area contributed by atoms with Gasteiger partial charge in [0, 0.05) is 6.20 Å². The summed E-state index contributed by atoms with van der Waals surface area (Å²) in [6.45, 7) is 2.03. The molecular formula is C6H7BrClN. The highest BCUT2D eigenvalue weighted by Gasteiger charge is 1.83. The van der Waals surface area contributed by atoms with Crippen LogP contribution < -0.4 is 0 Å². The molecule has 0 spiro atoms. The fraction of sp³-hybridized carbons (Fsp3) is 0.167. The lowest BCUT2D eigenvalue weighted by molar-refractivity contribution is 1.24. The lowest BCUT2D eigenvalue weighted by atomic mass is 10.3. The Hall–Kier alpha value is -0.0800. The molecular weight excluding hydrogens is 201 g/mol. The molecule has 0 unspecified atom stereocenters. The lowest BCUT2D eigenvalue weighted by Crippen LogP contribution is -1.73. The molecule has 50 valence electrons. The normalized spacial score (nSPS) is 8.22. The number of halogens is 2. The van der Waals surface area contributed by atoms with E-state index in [1.165, 1.54) is 5.56 Å². The Morgan fingerprint density at radius 3 is 2.56 bits per heavy atom. The first-order chi connectivity index (χ1) is 3.79. The van der Waals surface area contributed by atoms with Gasteiger partial charge in [-0.3, -0.25) is 0 Å². The molecule has 0 aliphatic carbocycles. The van der Waals surface area contributed by atoms with Gasteiger partial charge in [-0.15, -0.1) is 12.4 Å². The third-order valence-corrected chi connectivity index (χ3v) is 1.32. The predicted octanol–water partition coefficient (Wildman–Crippen LogP) is 2.57. The minimum atomic E-state index is 0. The molecule has 0 radical (unpaired) electrons. The smallest absolute Gasteiger partial charge is 0.106 e. The van der Waals surface area contributed by atoms with Gasteiger partial charge in [0.05, 0.1) is 0 Å². The van der Waals surface area contributed by atoms with E-state index in [9.17, 15) is 0 Å². The molecule has 3 heteroatoms. The van der Waals surface area contributed by atoms with E-state index >= 15 is 0 Å². The molecule has 1 nitrogen and oxygen atoms in total. The molecule has 0 aromatic carbocycles. The lowest BCUT2D eigenvalue weighted by Gasteiger charge is -1.88. The Kier molecular flexibility index (Phi) is 3.82. The Morgan fingerprint density at radius 1 is 1.56 bits per heavy atom. The molecule has 0 aliphatic rings. The maximum atomic E-state index is 3.96. The highest BCUT2D eigenvalue weighted by molar-refractivity contribution is 9.10. The maximum Gasteiger partial charge on any atom is 0.106 e. The van der Waals surface area contributed by atoms with Gasteiger partial charge >= 0.3 is 0 Å². The number of rotatable bonds is 0. The fourth-order valence-electron chi connectivity index (χ4n) is 0.499. The van der Waals surface area contributed by atoms with Crippen LogP contribution in [-0.4, -0.2) is 4.98 Å². The van der Waals surface area contributed by atoms with Gasteiger partial charge in [0.25, 0.3) is 0 Å². The Morgan fingerprint density at radius 2 is 2.22 bits per heavy atom. The fourth-order valence-corrected chi connectivity index (χ4v) is 0.979. The molecule has 9 heavy (non-hydrogen) atoms. The summed E-state index contributed by atoms with van der Waals surface area (Å²) in [6.07, 6.45) is 1.78. The Balaban J connectivity index is 0.000000640. The summed E-state index contributed by atoms with van der Waals surface area (Å²) in [5, 5.41) is 0. The number of pyridine rings is 1. The Bertz CT molecular complexity index is 173. The first kappa shape index (κ1) is 8.92. The summed E-state index contributed by atoms with van der Waals surface area (Å²) in [5.41, 5.74) is 1.23. The van der Waals surface area contributed by atoms with Crippen LogP contribution in [0.5, 0.6) is 0 Å². The van der Waals surface area contributed by atoms with Gasteiger partial charge in [0.15, 0.2) is 0 Å². The second kappa shape index (κ2) is 3.85. The molecule has 0 saturated carbocycles. The van der Waals surface area contributed by atoms with Crippen LogP contribution in [-0.2, 0) is 0 Å². The second-order valence-electron chi connectivity index (χ2n) is 1.66. The van der Waals surface area contributed by atoms with Crippen molar-refractivity contribution in [1.29, 1.82) is 0 Å². The molecule has 0 amide bonds. The molecule has 0 fully saturated rings. The zero-order valence-electron chi connectivity index (χ0n) is 4.97. The van der Waals surface area contributed by atoms with Crippen LogP contribution in [0.2, 0.25) is 0 Å². The van der Waals surface area contributed by atoms with Crippen molar-refractivity contribution in [2.75, 3.05) is 0 Å². The molecule has 1 aromatic rings. The van der Waals surface area contributed by atoms with Crippen LogP contribution in [0.1, 0.15) is 5.56 Å². The molecule has 0 saturated heterocycles. The quantitative estimate of drug-likeness (QED) is 0.597. The van der Waals surface area contributed by atoms with Crippen molar-refractivity contribution in [2.24, 2.45) is 0 Å². The number of aryl methyl sites for hydroxylation is 1. The van der Waals surface area contributed by atoms with Crippen molar-refractivity contribution in [1.82, 2.24) is 4.98 Å². The van der Waals surface area contributed by atoms with E-state index in [2.05, 4.69) is 20.9 Å². The number of nitrogens with zero attached hydrogens (tertiary/aromatic N) is 1. The van der Waals surface area contributed by atoms with Crippen molar-refractivity contribution < 1.29 is 0 Å². The monoisotopic (exact) mass is 207 g/mol. The van der Waals surface area contributed by atoms with E-state index in [1.807, 2.05) is 19.1 Å². The van der Waals surface area contributed by atoms with Crippen molar-refractivity contribution in [3.8, 4) is 0 Å². The van der Waals surface area contributed by atoms with E-state index in [-0.39, 0.29) is 12.4 Å². The number of aromatic nitrogens is 1. The molecule has 1 aromatic heterocycles. The molecule has 1 rings (SSSR count). The van der Waals surface area contributed by atoms with Crippen LogP contribution >= 0.6 is 28.3 Å². The highest BCUT2D eigenvalue weighted by atomic mass is 79.9. The average molecular weight is 208 g/mol.